The van der Waals surface area contributed by atoms with Crippen molar-refractivity contribution in [1.29, 1.82) is 0 Å². The third-order valence-electron chi connectivity index (χ3n) is 6.38. The average molecular weight is 411 g/mol. The molecule has 2 aliphatic rings. The van der Waals surface area contributed by atoms with Crippen molar-refractivity contribution in [2.75, 3.05) is 34.5 Å². The summed E-state index contributed by atoms with van der Waals surface area (Å²) in [6.07, 6.45) is 2.38. The van der Waals surface area contributed by atoms with Crippen molar-refractivity contribution in [3.05, 3.63) is 52.6 Å². The molecule has 1 atom stereocenters. The molecule has 2 aliphatic heterocycles. The number of nitrogens with zero attached hydrogens (tertiary/aromatic N) is 1. The Bertz CT molecular complexity index is 947. The molecule has 2 heterocycles. The van der Waals surface area contributed by atoms with E-state index in [-0.39, 0.29) is 18.6 Å². The van der Waals surface area contributed by atoms with E-state index in [1.54, 1.807) is 7.11 Å². The fraction of sp³-hybridized carbons (Fsp3) is 0.480. The minimum atomic E-state index is 0.000963. The van der Waals surface area contributed by atoms with Gasteiger partial charge in [0.15, 0.2) is 17.3 Å². The van der Waals surface area contributed by atoms with Crippen LogP contribution in [0.25, 0.3) is 0 Å². The van der Waals surface area contributed by atoms with Crippen LogP contribution in [-0.2, 0) is 12.8 Å². The van der Waals surface area contributed by atoms with Crippen molar-refractivity contribution >= 4 is 5.78 Å². The van der Waals surface area contributed by atoms with E-state index in [2.05, 4.69) is 46.1 Å². The largest absolute Gasteiger partial charge is 0.492 e. The molecule has 4 rings (SSSR count). The zero-order valence-electron chi connectivity index (χ0n) is 18.7. The van der Waals surface area contributed by atoms with Gasteiger partial charge in [0.1, 0.15) is 6.04 Å². The minimum absolute atomic E-state index is 0.000963. The Balaban J connectivity index is 1.66. The van der Waals surface area contributed by atoms with Crippen LogP contribution in [-0.4, -0.2) is 44.8 Å². The summed E-state index contributed by atoms with van der Waals surface area (Å²) in [6.45, 7) is 5.58. The summed E-state index contributed by atoms with van der Waals surface area (Å²) in [7, 11) is 6.05. The molecule has 0 bridgehead atoms. The van der Waals surface area contributed by atoms with Gasteiger partial charge in [0.05, 0.1) is 39.7 Å². The summed E-state index contributed by atoms with van der Waals surface area (Å²) < 4.78 is 17.8. The molecule has 1 unspecified atom stereocenters. The number of methoxy groups -OCH3 is 1. The van der Waals surface area contributed by atoms with E-state index >= 15 is 0 Å². The molecule has 0 amide bonds. The van der Waals surface area contributed by atoms with Gasteiger partial charge in [-0.05, 0) is 29.5 Å². The first kappa shape index (κ1) is 20.7. The highest BCUT2D eigenvalue weighted by Gasteiger charge is 2.42. The van der Waals surface area contributed by atoms with Crippen molar-refractivity contribution < 1.29 is 23.5 Å². The van der Waals surface area contributed by atoms with E-state index in [9.17, 15) is 4.79 Å². The van der Waals surface area contributed by atoms with Gasteiger partial charge in [0.2, 0.25) is 12.5 Å². The summed E-state index contributed by atoms with van der Waals surface area (Å²) in [5.74, 6) is 2.88. The maximum absolute atomic E-state index is 13.3. The maximum atomic E-state index is 13.3. The third-order valence-corrected chi connectivity index (χ3v) is 6.38. The summed E-state index contributed by atoms with van der Waals surface area (Å²) in [5.41, 5.74) is 4.32. The quantitative estimate of drug-likeness (QED) is 0.517. The van der Waals surface area contributed by atoms with Crippen LogP contribution in [0.5, 0.6) is 17.2 Å². The molecule has 5 nitrogen and oxygen atoms in total. The number of carbonyl (C=O) groups excluding carboxylic acids is 1. The maximum Gasteiger partial charge on any atom is 0.231 e. The Kier molecular flexibility index (Phi) is 5.49. The van der Waals surface area contributed by atoms with Crippen LogP contribution < -0.4 is 14.2 Å². The molecule has 0 radical (unpaired) electrons. The molecule has 0 saturated heterocycles. The van der Waals surface area contributed by atoms with Crippen LogP contribution in [0.4, 0.5) is 0 Å². The van der Waals surface area contributed by atoms with Gasteiger partial charge in [-0.25, -0.2) is 0 Å². The number of hydrogen-bond acceptors (Lipinski definition) is 4. The van der Waals surface area contributed by atoms with Gasteiger partial charge in [-0.1, -0.05) is 38.1 Å². The predicted octanol–water partition coefficient (Wildman–Crippen LogP) is 4.57. The van der Waals surface area contributed by atoms with Crippen molar-refractivity contribution in [3.63, 3.8) is 0 Å². The molecule has 2 aromatic carbocycles. The standard InChI is InChI=1S/C25H32NO4/c1-16(2)12-17-6-8-18(9-7-17)21(27)14-20-23-19(10-11-26(20,3)4)13-22-24(25(23)28-5)30-15-29-22/h6-9,13,16,20H,10-12,14-15H2,1-5H3/q+1. The van der Waals surface area contributed by atoms with Crippen molar-refractivity contribution in [1.82, 2.24) is 0 Å². The zero-order valence-corrected chi connectivity index (χ0v) is 18.7. The highest BCUT2D eigenvalue weighted by molar-refractivity contribution is 5.96. The number of fused-ring (bicyclic) bond motifs is 2. The van der Waals surface area contributed by atoms with E-state index in [0.29, 0.717) is 18.1 Å². The average Bonchev–Trinajstić information content (AvgIpc) is 3.17. The van der Waals surface area contributed by atoms with E-state index in [0.717, 1.165) is 46.5 Å². The van der Waals surface area contributed by atoms with Gasteiger partial charge in [-0.15, -0.1) is 0 Å². The van der Waals surface area contributed by atoms with Crippen LogP contribution in [0, 0.1) is 5.92 Å². The Morgan fingerprint density at radius 1 is 1.20 bits per heavy atom. The van der Waals surface area contributed by atoms with Crippen LogP contribution in [0.3, 0.4) is 0 Å². The Hall–Kier alpha value is -2.53. The summed E-state index contributed by atoms with van der Waals surface area (Å²) >= 11 is 0. The first-order valence-electron chi connectivity index (χ1n) is 10.7. The Labute approximate surface area is 179 Å². The first-order valence-corrected chi connectivity index (χ1v) is 10.7. The van der Waals surface area contributed by atoms with Gasteiger partial charge < -0.3 is 18.7 Å². The van der Waals surface area contributed by atoms with Crippen molar-refractivity contribution in [2.24, 2.45) is 5.92 Å². The second kappa shape index (κ2) is 7.95. The molecule has 5 heteroatoms. The normalized spacial score (nSPS) is 18.9. The minimum Gasteiger partial charge on any atom is -0.492 e. The second-order valence-corrected chi connectivity index (χ2v) is 9.41. The van der Waals surface area contributed by atoms with Gasteiger partial charge in [-0.2, -0.15) is 0 Å². The number of ether oxygens (including phenoxy) is 3. The lowest BCUT2D eigenvalue weighted by molar-refractivity contribution is -0.922. The molecular weight excluding hydrogens is 378 g/mol. The predicted molar refractivity (Wildman–Crippen MR) is 116 cm³/mol. The van der Waals surface area contributed by atoms with Crippen LogP contribution in [0.2, 0.25) is 0 Å². The first-order chi connectivity index (χ1) is 14.3. The van der Waals surface area contributed by atoms with Gasteiger partial charge >= 0.3 is 0 Å². The lowest BCUT2D eigenvalue weighted by atomic mass is 9.85. The number of benzene rings is 2. The van der Waals surface area contributed by atoms with Gasteiger partial charge in [-0.3, -0.25) is 4.79 Å². The molecule has 30 heavy (non-hydrogen) atoms. The summed E-state index contributed by atoms with van der Waals surface area (Å²) in [4.78, 5) is 13.3. The topological polar surface area (TPSA) is 44.8 Å². The fourth-order valence-corrected chi connectivity index (χ4v) is 4.71. The Morgan fingerprint density at radius 2 is 1.93 bits per heavy atom. The molecule has 160 valence electrons. The molecular formula is C25H32NO4+. The highest BCUT2D eigenvalue weighted by Crippen LogP contribution is 2.51. The SMILES string of the molecule is COc1c2c(cc3c1C(CC(=O)c1ccc(CC(C)C)cc1)[N+](C)(C)CC3)OCO2. The molecule has 0 aliphatic carbocycles. The molecule has 0 N–H and O–H groups in total. The third kappa shape index (κ3) is 3.79. The van der Waals surface area contributed by atoms with Gasteiger partial charge in [0.25, 0.3) is 0 Å². The van der Waals surface area contributed by atoms with Crippen molar-refractivity contribution in [3.8, 4) is 17.2 Å². The Morgan fingerprint density at radius 3 is 2.60 bits per heavy atom. The number of hydrogen-bond donors (Lipinski definition) is 0. The molecule has 0 fully saturated rings. The zero-order chi connectivity index (χ0) is 21.5. The van der Waals surface area contributed by atoms with E-state index in [1.165, 1.54) is 11.1 Å². The fourth-order valence-electron chi connectivity index (χ4n) is 4.71. The lowest BCUT2D eigenvalue weighted by Crippen LogP contribution is -2.48. The number of Topliss-reactive ketones (excluding diaryl/α,β-unsaturated/α-hetero) is 1. The number of rotatable bonds is 6. The molecule has 0 spiro atoms. The number of ketones is 1. The number of likely N-dealkylation sites (N-methyl/N-ethyl adjacent to an activating group) is 1. The van der Waals surface area contributed by atoms with Crippen LogP contribution in [0.15, 0.2) is 30.3 Å². The molecule has 0 saturated carbocycles. The van der Waals surface area contributed by atoms with Crippen LogP contribution >= 0.6 is 0 Å². The van der Waals surface area contributed by atoms with Crippen molar-refractivity contribution in [2.45, 2.75) is 39.2 Å². The highest BCUT2D eigenvalue weighted by atomic mass is 16.7. The summed E-state index contributed by atoms with van der Waals surface area (Å²) in [5, 5.41) is 0. The van der Waals surface area contributed by atoms with Crippen LogP contribution in [0.1, 0.15) is 53.4 Å². The van der Waals surface area contributed by atoms with E-state index < -0.39 is 0 Å². The molecule has 2 aromatic rings. The van der Waals surface area contributed by atoms with E-state index in [1.807, 2.05) is 12.1 Å². The lowest BCUT2D eigenvalue weighted by Gasteiger charge is -2.43. The summed E-state index contributed by atoms with van der Waals surface area (Å²) in [6, 6.07) is 10.2. The second-order valence-electron chi connectivity index (χ2n) is 9.41. The number of quaternary nitrogens is 1. The number of carbonyl (C=O) groups is 1. The monoisotopic (exact) mass is 410 g/mol. The molecule has 0 aromatic heterocycles. The smallest absolute Gasteiger partial charge is 0.231 e. The van der Waals surface area contributed by atoms with Gasteiger partial charge in [0, 0.05) is 12.0 Å². The van der Waals surface area contributed by atoms with E-state index in [4.69, 9.17) is 14.2 Å².